The number of nitrogens with zero attached hydrogens (tertiary/aromatic N) is 3. The first-order valence-electron chi connectivity index (χ1n) is 9.66. The molecule has 0 atom stereocenters. The fourth-order valence-electron chi connectivity index (χ4n) is 2.98. The number of rotatable bonds is 8. The molecule has 0 spiro atoms. The smallest absolute Gasteiger partial charge is 0.418 e. The Labute approximate surface area is 192 Å². The third-order valence-electron chi connectivity index (χ3n) is 4.38. The van der Waals surface area contributed by atoms with E-state index in [-0.39, 0.29) is 23.3 Å². The first-order chi connectivity index (χ1) is 16.1. The van der Waals surface area contributed by atoms with Crippen LogP contribution in [0, 0.1) is 0 Å². The normalized spacial score (nSPS) is 10.9. The molecule has 0 unspecified atom stereocenters. The van der Waals surface area contributed by atoms with E-state index in [1.807, 2.05) is 0 Å². The fourth-order valence-corrected chi connectivity index (χ4v) is 2.98. The van der Waals surface area contributed by atoms with Crippen LogP contribution in [0.1, 0.15) is 12.5 Å². The highest BCUT2D eigenvalue weighted by Crippen LogP contribution is 2.40. The Balaban J connectivity index is 1.86. The number of benzene rings is 2. The molecular weight excluding hydrogens is 457 g/mol. The topological polar surface area (TPSA) is 120 Å². The van der Waals surface area contributed by atoms with Crippen molar-refractivity contribution in [1.29, 1.82) is 0 Å². The first kappa shape index (κ1) is 24.4. The lowest BCUT2D eigenvalue weighted by Gasteiger charge is -2.16. The van der Waals surface area contributed by atoms with Crippen molar-refractivity contribution in [3.05, 3.63) is 42.2 Å². The third-order valence-corrected chi connectivity index (χ3v) is 4.38. The highest BCUT2D eigenvalue weighted by atomic mass is 19.4. The second-order valence-corrected chi connectivity index (χ2v) is 6.74. The van der Waals surface area contributed by atoms with Gasteiger partial charge >= 0.3 is 6.18 Å². The minimum atomic E-state index is -4.69. The predicted octanol–water partition coefficient (Wildman–Crippen LogP) is 4.36. The molecule has 3 aromatic rings. The van der Waals surface area contributed by atoms with Gasteiger partial charge in [0, 0.05) is 30.4 Å². The van der Waals surface area contributed by atoms with Crippen molar-refractivity contribution in [1.82, 2.24) is 15.0 Å². The largest absolute Gasteiger partial charge is 0.493 e. The van der Waals surface area contributed by atoms with Gasteiger partial charge in [-0.3, -0.25) is 4.79 Å². The Morgan fingerprint density at radius 2 is 1.47 bits per heavy atom. The van der Waals surface area contributed by atoms with Crippen LogP contribution in [-0.2, 0) is 11.0 Å². The van der Waals surface area contributed by atoms with Gasteiger partial charge < -0.3 is 30.2 Å². The van der Waals surface area contributed by atoms with Crippen LogP contribution in [-0.4, -0.2) is 42.2 Å². The number of hydrogen-bond acceptors (Lipinski definition) is 9. The SMILES string of the molecule is COc1cc(Nc2ncnc(Nc3ccc(NC(C)=O)c(C(F)(F)F)c3)n2)cc(OC)c1OC. The highest BCUT2D eigenvalue weighted by Gasteiger charge is 2.34. The van der Waals surface area contributed by atoms with Crippen LogP contribution in [0.5, 0.6) is 17.2 Å². The van der Waals surface area contributed by atoms with Crippen LogP contribution >= 0.6 is 0 Å². The van der Waals surface area contributed by atoms with E-state index >= 15 is 0 Å². The van der Waals surface area contributed by atoms with E-state index in [4.69, 9.17) is 14.2 Å². The molecule has 1 aromatic heterocycles. The number of anilines is 5. The van der Waals surface area contributed by atoms with Crippen molar-refractivity contribution in [3.8, 4) is 17.2 Å². The molecule has 180 valence electrons. The van der Waals surface area contributed by atoms with Gasteiger partial charge in [0.05, 0.1) is 32.6 Å². The van der Waals surface area contributed by atoms with Crippen molar-refractivity contribution in [2.75, 3.05) is 37.3 Å². The van der Waals surface area contributed by atoms with Gasteiger partial charge in [-0.2, -0.15) is 18.2 Å². The predicted molar refractivity (Wildman–Crippen MR) is 118 cm³/mol. The molecule has 0 aliphatic heterocycles. The highest BCUT2D eigenvalue weighted by molar-refractivity contribution is 5.90. The number of methoxy groups -OCH3 is 3. The number of ether oxygens (including phenoxy) is 3. The number of hydrogen-bond donors (Lipinski definition) is 3. The van der Waals surface area contributed by atoms with Crippen molar-refractivity contribution >= 4 is 34.9 Å². The molecule has 2 aromatic carbocycles. The molecule has 10 nitrogen and oxygen atoms in total. The van der Waals surface area contributed by atoms with Crippen LogP contribution in [0.25, 0.3) is 0 Å². The summed E-state index contributed by atoms with van der Waals surface area (Å²) < 4.78 is 56.2. The van der Waals surface area contributed by atoms with E-state index in [1.165, 1.54) is 33.7 Å². The molecule has 1 heterocycles. The van der Waals surface area contributed by atoms with Crippen LogP contribution in [0.15, 0.2) is 36.7 Å². The van der Waals surface area contributed by atoms with Crippen LogP contribution in [0.2, 0.25) is 0 Å². The Morgan fingerprint density at radius 1 is 0.882 bits per heavy atom. The maximum atomic E-state index is 13.4. The van der Waals surface area contributed by atoms with Gasteiger partial charge in [-0.05, 0) is 18.2 Å². The molecule has 0 radical (unpaired) electrons. The number of halogens is 3. The van der Waals surface area contributed by atoms with Crippen LogP contribution < -0.4 is 30.2 Å². The number of carbonyl (C=O) groups excluding carboxylic acids is 1. The molecule has 13 heteroatoms. The zero-order chi connectivity index (χ0) is 24.9. The van der Waals surface area contributed by atoms with E-state index in [1.54, 1.807) is 12.1 Å². The molecule has 0 saturated heterocycles. The summed E-state index contributed by atoms with van der Waals surface area (Å²) in [4.78, 5) is 23.4. The monoisotopic (exact) mass is 478 g/mol. The zero-order valence-corrected chi connectivity index (χ0v) is 18.6. The Hall–Kier alpha value is -4.29. The van der Waals surface area contributed by atoms with Crippen molar-refractivity contribution in [3.63, 3.8) is 0 Å². The second-order valence-electron chi connectivity index (χ2n) is 6.74. The minimum absolute atomic E-state index is 0.00894. The van der Waals surface area contributed by atoms with E-state index in [0.717, 1.165) is 19.1 Å². The molecule has 3 rings (SSSR count). The van der Waals surface area contributed by atoms with Gasteiger partial charge in [-0.25, -0.2) is 9.97 Å². The van der Waals surface area contributed by atoms with Crippen molar-refractivity contribution < 1.29 is 32.2 Å². The van der Waals surface area contributed by atoms with E-state index in [2.05, 4.69) is 30.9 Å². The number of nitrogens with one attached hydrogen (secondary N) is 3. The summed E-state index contributed by atoms with van der Waals surface area (Å²) in [6.07, 6.45) is -3.50. The van der Waals surface area contributed by atoms with E-state index < -0.39 is 17.6 Å². The van der Waals surface area contributed by atoms with Gasteiger partial charge in [0.25, 0.3) is 0 Å². The van der Waals surface area contributed by atoms with Gasteiger partial charge in [-0.1, -0.05) is 0 Å². The molecule has 3 N–H and O–H groups in total. The van der Waals surface area contributed by atoms with Crippen molar-refractivity contribution in [2.45, 2.75) is 13.1 Å². The third kappa shape index (κ3) is 5.74. The van der Waals surface area contributed by atoms with Gasteiger partial charge in [-0.15, -0.1) is 0 Å². The van der Waals surface area contributed by atoms with E-state index in [9.17, 15) is 18.0 Å². The Morgan fingerprint density at radius 3 is 1.97 bits per heavy atom. The summed E-state index contributed by atoms with van der Waals surface area (Å²) in [5, 5.41) is 7.82. The number of aromatic nitrogens is 3. The molecule has 0 saturated carbocycles. The lowest BCUT2D eigenvalue weighted by atomic mass is 10.1. The summed E-state index contributed by atoms with van der Waals surface area (Å²) in [7, 11) is 4.42. The summed E-state index contributed by atoms with van der Waals surface area (Å²) in [6, 6.07) is 6.62. The second kappa shape index (κ2) is 10.1. The lowest BCUT2D eigenvalue weighted by molar-refractivity contribution is -0.136. The zero-order valence-electron chi connectivity index (χ0n) is 18.6. The Kier molecular flexibility index (Phi) is 7.24. The van der Waals surface area contributed by atoms with Gasteiger partial charge in [0.1, 0.15) is 6.33 Å². The minimum Gasteiger partial charge on any atom is -0.493 e. The first-order valence-corrected chi connectivity index (χ1v) is 9.66. The van der Waals surface area contributed by atoms with Gasteiger partial charge in [0.2, 0.25) is 23.6 Å². The summed E-state index contributed by atoms with van der Waals surface area (Å²) in [6.45, 7) is 1.12. The summed E-state index contributed by atoms with van der Waals surface area (Å²) >= 11 is 0. The molecule has 34 heavy (non-hydrogen) atoms. The number of alkyl halides is 3. The van der Waals surface area contributed by atoms with E-state index in [0.29, 0.717) is 22.9 Å². The standard InChI is InChI=1S/C21H21F3N6O4/c1-11(31)27-15-6-5-12(7-14(15)21(22,23)24)28-19-25-10-26-20(30-19)29-13-8-16(32-2)18(34-4)17(9-13)33-3/h5-10H,1-4H3,(H,27,31)(H2,25,26,28,29,30). The molecule has 0 aliphatic rings. The molecule has 0 fully saturated rings. The molecular formula is C21H21F3N6O4. The molecule has 0 bridgehead atoms. The van der Waals surface area contributed by atoms with Crippen LogP contribution in [0.4, 0.5) is 42.1 Å². The van der Waals surface area contributed by atoms with Crippen LogP contribution in [0.3, 0.4) is 0 Å². The van der Waals surface area contributed by atoms with Gasteiger partial charge in [0.15, 0.2) is 11.5 Å². The number of amides is 1. The summed E-state index contributed by atoms with van der Waals surface area (Å²) in [5.41, 5.74) is -0.805. The molecule has 1 amide bonds. The maximum absolute atomic E-state index is 13.4. The quantitative estimate of drug-likeness (QED) is 0.434. The lowest BCUT2D eigenvalue weighted by Crippen LogP contribution is -2.14. The Bertz CT molecular complexity index is 1160. The fraction of sp³-hybridized carbons (Fsp3) is 0.238. The average Bonchev–Trinajstić information content (AvgIpc) is 2.78. The van der Waals surface area contributed by atoms with Crippen molar-refractivity contribution in [2.24, 2.45) is 0 Å². The average molecular weight is 478 g/mol. The number of carbonyl (C=O) groups is 1. The maximum Gasteiger partial charge on any atom is 0.418 e. The summed E-state index contributed by atoms with van der Waals surface area (Å²) in [5.74, 6) is 0.678. The molecule has 0 aliphatic carbocycles.